The second-order valence-electron chi connectivity index (χ2n) is 4.59. The van der Waals surface area contributed by atoms with Gasteiger partial charge in [0, 0.05) is 13.2 Å². The van der Waals surface area contributed by atoms with Crippen molar-refractivity contribution in [2.75, 3.05) is 26.3 Å². The van der Waals surface area contributed by atoms with E-state index in [0.29, 0.717) is 12.5 Å². The first-order chi connectivity index (χ1) is 7.61. The standard InChI is InChI=1S/C13H29NO2/c1-6-8-14-9-13(11(3)4)16-12(5)10-15-7-2/h11-14H,6-10H2,1-5H3. The molecule has 0 fully saturated rings. The van der Waals surface area contributed by atoms with E-state index in [2.05, 4.69) is 33.0 Å². The van der Waals surface area contributed by atoms with Gasteiger partial charge >= 0.3 is 0 Å². The van der Waals surface area contributed by atoms with Gasteiger partial charge in [0.2, 0.25) is 0 Å². The summed E-state index contributed by atoms with van der Waals surface area (Å²) in [6.45, 7) is 14.1. The topological polar surface area (TPSA) is 30.5 Å². The van der Waals surface area contributed by atoms with Crippen LogP contribution in [-0.4, -0.2) is 38.5 Å². The maximum Gasteiger partial charge on any atom is 0.0784 e. The number of hydrogen-bond donors (Lipinski definition) is 1. The van der Waals surface area contributed by atoms with Crippen LogP contribution in [0, 0.1) is 5.92 Å². The molecule has 0 aliphatic carbocycles. The third kappa shape index (κ3) is 8.08. The first-order valence-electron chi connectivity index (χ1n) is 6.55. The van der Waals surface area contributed by atoms with Gasteiger partial charge in [0.05, 0.1) is 18.8 Å². The van der Waals surface area contributed by atoms with Gasteiger partial charge in [-0.3, -0.25) is 0 Å². The lowest BCUT2D eigenvalue weighted by Gasteiger charge is -2.25. The van der Waals surface area contributed by atoms with Crippen LogP contribution in [0.1, 0.15) is 41.0 Å². The molecule has 98 valence electrons. The third-order valence-electron chi connectivity index (χ3n) is 2.48. The normalized spacial score (nSPS) is 15.4. The zero-order chi connectivity index (χ0) is 12.4. The Hall–Kier alpha value is -0.120. The summed E-state index contributed by atoms with van der Waals surface area (Å²) in [6, 6.07) is 0. The molecule has 0 aromatic heterocycles. The SMILES string of the molecule is CCCNCC(OC(C)COCC)C(C)C. The average molecular weight is 231 g/mol. The molecule has 3 heteroatoms. The fourth-order valence-corrected chi connectivity index (χ4v) is 1.48. The second kappa shape index (κ2) is 10.1. The number of rotatable bonds is 10. The lowest BCUT2D eigenvalue weighted by molar-refractivity contribution is -0.0617. The fourth-order valence-electron chi connectivity index (χ4n) is 1.48. The van der Waals surface area contributed by atoms with Gasteiger partial charge in [0.1, 0.15) is 0 Å². The van der Waals surface area contributed by atoms with Gasteiger partial charge in [-0.15, -0.1) is 0 Å². The Bertz CT molecular complexity index is 151. The van der Waals surface area contributed by atoms with Crippen molar-refractivity contribution in [1.29, 1.82) is 0 Å². The molecule has 0 saturated carbocycles. The van der Waals surface area contributed by atoms with E-state index in [0.717, 1.165) is 19.7 Å². The molecular weight excluding hydrogens is 202 g/mol. The molecule has 3 nitrogen and oxygen atoms in total. The van der Waals surface area contributed by atoms with Crippen molar-refractivity contribution in [2.45, 2.75) is 53.2 Å². The van der Waals surface area contributed by atoms with E-state index in [1.54, 1.807) is 0 Å². The molecule has 0 spiro atoms. The lowest BCUT2D eigenvalue weighted by atomic mass is 10.1. The third-order valence-corrected chi connectivity index (χ3v) is 2.48. The molecular formula is C13H29NO2. The van der Waals surface area contributed by atoms with Crippen molar-refractivity contribution in [3.63, 3.8) is 0 Å². The molecule has 2 atom stereocenters. The number of hydrogen-bond acceptors (Lipinski definition) is 3. The summed E-state index contributed by atoms with van der Waals surface area (Å²) in [5.74, 6) is 0.536. The summed E-state index contributed by atoms with van der Waals surface area (Å²) < 4.78 is 11.3. The zero-order valence-corrected chi connectivity index (χ0v) is 11.6. The summed E-state index contributed by atoms with van der Waals surface area (Å²) in [6.07, 6.45) is 1.62. The van der Waals surface area contributed by atoms with Gasteiger partial charge < -0.3 is 14.8 Å². The monoisotopic (exact) mass is 231 g/mol. The Kier molecular flexibility index (Phi) is 9.99. The molecule has 1 N–H and O–H groups in total. The molecule has 0 amide bonds. The van der Waals surface area contributed by atoms with E-state index >= 15 is 0 Å². The second-order valence-corrected chi connectivity index (χ2v) is 4.59. The van der Waals surface area contributed by atoms with Crippen LogP contribution >= 0.6 is 0 Å². The van der Waals surface area contributed by atoms with Gasteiger partial charge in [-0.25, -0.2) is 0 Å². The molecule has 0 rings (SSSR count). The molecule has 0 heterocycles. The van der Waals surface area contributed by atoms with E-state index in [1.807, 2.05) is 6.92 Å². The van der Waals surface area contributed by atoms with Gasteiger partial charge in [-0.05, 0) is 32.7 Å². The maximum absolute atomic E-state index is 5.97. The summed E-state index contributed by atoms with van der Waals surface area (Å²) >= 11 is 0. The largest absolute Gasteiger partial charge is 0.379 e. The van der Waals surface area contributed by atoms with Crippen molar-refractivity contribution in [3.8, 4) is 0 Å². The molecule has 0 aromatic carbocycles. The van der Waals surface area contributed by atoms with Gasteiger partial charge in [-0.2, -0.15) is 0 Å². The average Bonchev–Trinajstić information content (AvgIpc) is 2.25. The van der Waals surface area contributed by atoms with E-state index in [4.69, 9.17) is 9.47 Å². The maximum atomic E-state index is 5.97. The molecule has 0 aromatic rings. The molecule has 0 saturated heterocycles. The molecule has 0 radical (unpaired) electrons. The van der Waals surface area contributed by atoms with Crippen LogP contribution in [0.25, 0.3) is 0 Å². The summed E-state index contributed by atoms with van der Waals surface area (Å²) in [7, 11) is 0. The zero-order valence-electron chi connectivity index (χ0n) is 11.6. The molecule has 2 unspecified atom stereocenters. The Labute approximate surface area is 101 Å². The van der Waals surface area contributed by atoms with Crippen molar-refractivity contribution < 1.29 is 9.47 Å². The van der Waals surface area contributed by atoms with Crippen LogP contribution in [0.4, 0.5) is 0 Å². The van der Waals surface area contributed by atoms with Gasteiger partial charge in [-0.1, -0.05) is 20.8 Å². The van der Waals surface area contributed by atoms with Crippen molar-refractivity contribution in [1.82, 2.24) is 5.32 Å². The minimum atomic E-state index is 0.177. The van der Waals surface area contributed by atoms with Crippen LogP contribution < -0.4 is 5.32 Å². The highest BCUT2D eigenvalue weighted by Crippen LogP contribution is 2.09. The van der Waals surface area contributed by atoms with Gasteiger partial charge in [0.25, 0.3) is 0 Å². The minimum absolute atomic E-state index is 0.177. The van der Waals surface area contributed by atoms with Crippen molar-refractivity contribution in [3.05, 3.63) is 0 Å². The summed E-state index contributed by atoms with van der Waals surface area (Å²) in [5.41, 5.74) is 0. The van der Waals surface area contributed by atoms with Crippen molar-refractivity contribution >= 4 is 0 Å². The highest BCUT2D eigenvalue weighted by atomic mass is 16.5. The van der Waals surface area contributed by atoms with Crippen LogP contribution in [0.15, 0.2) is 0 Å². The number of nitrogens with one attached hydrogen (secondary N) is 1. The Balaban J connectivity index is 3.82. The van der Waals surface area contributed by atoms with Crippen LogP contribution in [0.5, 0.6) is 0 Å². The van der Waals surface area contributed by atoms with E-state index in [-0.39, 0.29) is 12.2 Å². The highest BCUT2D eigenvalue weighted by molar-refractivity contribution is 4.67. The number of ether oxygens (including phenoxy) is 2. The lowest BCUT2D eigenvalue weighted by Crippen LogP contribution is -2.37. The fraction of sp³-hybridized carbons (Fsp3) is 1.00. The van der Waals surface area contributed by atoms with Crippen LogP contribution in [-0.2, 0) is 9.47 Å². The minimum Gasteiger partial charge on any atom is -0.379 e. The summed E-state index contributed by atoms with van der Waals surface area (Å²) in [4.78, 5) is 0. The molecule has 16 heavy (non-hydrogen) atoms. The van der Waals surface area contributed by atoms with Gasteiger partial charge in [0.15, 0.2) is 0 Å². The first kappa shape index (κ1) is 15.9. The predicted octanol–water partition coefficient (Wildman–Crippen LogP) is 2.45. The molecule has 0 bridgehead atoms. The first-order valence-corrected chi connectivity index (χ1v) is 6.55. The quantitative estimate of drug-likeness (QED) is 0.586. The van der Waals surface area contributed by atoms with Crippen LogP contribution in [0.2, 0.25) is 0 Å². The smallest absolute Gasteiger partial charge is 0.0784 e. The van der Waals surface area contributed by atoms with Crippen molar-refractivity contribution in [2.24, 2.45) is 5.92 Å². The molecule has 0 aliphatic rings. The van der Waals surface area contributed by atoms with E-state index in [9.17, 15) is 0 Å². The Morgan fingerprint density at radius 2 is 1.81 bits per heavy atom. The Morgan fingerprint density at radius 3 is 2.31 bits per heavy atom. The van der Waals surface area contributed by atoms with E-state index < -0.39 is 0 Å². The molecule has 0 aliphatic heterocycles. The van der Waals surface area contributed by atoms with E-state index in [1.165, 1.54) is 6.42 Å². The van der Waals surface area contributed by atoms with Crippen LogP contribution in [0.3, 0.4) is 0 Å². The summed E-state index contributed by atoms with van der Waals surface area (Å²) in [5, 5.41) is 3.41. The highest BCUT2D eigenvalue weighted by Gasteiger charge is 2.16. The Morgan fingerprint density at radius 1 is 1.12 bits per heavy atom. The predicted molar refractivity (Wildman–Crippen MR) is 68.8 cm³/mol.